The highest BCUT2D eigenvalue weighted by molar-refractivity contribution is 7.17. The Morgan fingerprint density at radius 3 is 2.54 bits per heavy atom. The molecule has 0 bridgehead atoms. The molecule has 0 radical (unpaired) electrons. The molecule has 1 N–H and O–H groups in total. The largest absolute Gasteiger partial charge is 0.462 e. The van der Waals surface area contributed by atoms with Crippen LogP contribution in [0.5, 0.6) is 0 Å². The van der Waals surface area contributed by atoms with E-state index in [2.05, 4.69) is 15.3 Å². The number of anilines is 1. The summed E-state index contributed by atoms with van der Waals surface area (Å²) in [4.78, 5) is 44.6. The maximum atomic E-state index is 12.2. The molecule has 0 aliphatic carbocycles. The molecule has 9 heteroatoms. The molecule has 0 fully saturated rings. The number of carbonyl (C=O) groups excluding carboxylic acids is 3. The molecular formula is C17H19N3O5S. The number of hydrogen-bond acceptors (Lipinski definition) is 8. The van der Waals surface area contributed by atoms with E-state index < -0.39 is 24.5 Å². The Balaban J connectivity index is 2.06. The van der Waals surface area contributed by atoms with Gasteiger partial charge in [0.2, 0.25) is 0 Å². The van der Waals surface area contributed by atoms with Crippen molar-refractivity contribution in [3.05, 3.63) is 40.3 Å². The molecule has 0 aromatic carbocycles. The number of nitrogens with one attached hydrogen (secondary N) is 1. The molecule has 0 saturated heterocycles. The number of amides is 1. The second-order valence-electron chi connectivity index (χ2n) is 5.14. The first-order valence-corrected chi connectivity index (χ1v) is 8.81. The summed E-state index contributed by atoms with van der Waals surface area (Å²) >= 11 is 1.30. The van der Waals surface area contributed by atoms with Gasteiger partial charge in [-0.2, -0.15) is 0 Å². The Labute approximate surface area is 154 Å². The Kier molecular flexibility index (Phi) is 6.79. The Hall–Kier alpha value is -2.81. The number of ether oxygens (including phenoxy) is 2. The van der Waals surface area contributed by atoms with E-state index in [1.807, 2.05) is 13.8 Å². The van der Waals surface area contributed by atoms with E-state index in [4.69, 9.17) is 9.47 Å². The lowest BCUT2D eigenvalue weighted by molar-refractivity contribution is -0.119. The molecule has 0 aliphatic heterocycles. The summed E-state index contributed by atoms with van der Waals surface area (Å²) in [6, 6.07) is 0. The molecule has 2 aromatic heterocycles. The number of aromatic nitrogens is 2. The van der Waals surface area contributed by atoms with Crippen molar-refractivity contribution in [2.75, 3.05) is 18.5 Å². The van der Waals surface area contributed by atoms with E-state index in [0.29, 0.717) is 10.6 Å². The van der Waals surface area contributed by atoms with Gasteiger partial charge in [-0.25, -0.2) is 14.6 Å². The van der Waals surface area contributed by atoms with Crippen molar-refractivity contribution in [3.63, 3.8) is 0 Å². The standard InChI is InChI=1S/C17H19N3O5S/c1-4-12-10(3)14(17(23)24-5-2)15(26-12)20-13(21)9-25-16(22)11-8-18-6-7-19-11/h6-8H,4-5,9H2,1-3H3,(H,20,21). The van der Waals surface area contributed by atoms with Crippen molar-refractivity contribution >= 4 is 34.2 Å². The highest BCUT2D eigenvalue weighted by Gasteiger charge is 2.23. The third kappa shape index (κ3) is 4.63. The van der Waals surface area contributed by atoms with Crippen LogP contribution in [0.1, 0.15) is 45.1 Å². The predicted octanol–water partition coefficient (Wildman–Crippen LogP) is 2.38. The lowest BCUT2D eigenvalue weighted by Gasteiger charge is -2.07. The lowest BCUT2D eigenvalue weighted by Crippen LogP contribution is -2.22. The SMILES string of the molecule is CCOC(=O)c1c(NC(=O)COC(=O)c2cnccn2)sc(CC)c1C. The number of carbonyl (C=O) groups is 3. The summed E-state index contributed by atoms with van der Waals surface area (Å²) in [6.45, 7) is 5.21. The maximum absolute atomic E-state index is 12.2. The van der Waals surface area contributed by atoms with E-state index >= 15 is 0 Å². The molecule has 138 valence electrons. The molecule has 0 saturated carbocycles. The van der Waals surface area contributed by atoms with Gasteiger partial charge in [-0.15, -0.1) is 11.3 Å². The Bertz CT molecular complexity index is 804. The summed E-state index contributed by atoms with van der Waals surface area (Å²) in [5, 5.41) is 3.01. The number of esters is 2. The van der Waals surface area contributed by atoms with Gasteiger partial charge in [0, 0.05) is 17.3 Å². The Morgan fingerprint density at radius 2 is 1.92 bits per heavy atom. The van der Waals surface area contributed by atoms with Crippen molar-refractivity contribution < 1.29 is 23.9 Å². The van der Waals surface area contributed by atoms with Crippen molar-refractivity contribution in [2.24, 2.45) is 0 Å². The molecular weight excluding hydrogens is 358 g/mol. The zero-order valence-electron chi connectivity index (χ0n) is 14.7. The van der Waals surface area contributed by atoms with Crippen LogP contribution in [0.2, 0.25) is 0 Å². The van der Waals surface area contributed by atoms with Gasteiger partial charge in [0.25, 0.3) is 5.91 Å². The van der Waals surface area contributed by atoms with Crippen LogP contribution >= 0.6 is 11.3 Å². The molecule has 1 amide bonds. The molecule has 0 spiro atoms. The monoisotopic (exact) mass is 377 g/mol. The van der Waals surface area contributed by atoms with Crippen molar-refractivity contribution in [1.82, 2.24) is 9.97 Å². The first kappa shape index (κ1) is 19.5. The van der Waals surface area contributed by atoms with Crippen molar-refractivity contribution in [3.8, 4) is 0 Å². The number of thiophene rings is 1. The van der Waals surface area contributed by atoms with E-state index in [-0.39, 0.29) is 12.3 Å². The third-order valence-electron chi connectivity index (χ3n) is 3.41. The first-order chi connectivity index (χ1) is 12.5. The maximum Gasteiger partial charge on any atom is 0.359 e. The fourth-order valence-electron chi connectivity index (χ4n) is 2.21. The van der Waals surface area contributed by atoms with Crippen LogP contribution in [-0.4, -0.2) is 41.0 Å². The average Bonchev–Trinajstić information content (AvgIpc) is 2.95. The second kappa shape index (κ2) is 9.04. The summed E-state index contributed by atoms with van der Waals surface area (Å²) < 4.78 is 9.97. The minimum Gasteiger partial charge on any atom is -0.462 e. The van der Waals surface area contributed by atoms with Crippen LogP contribution in [0.15, 0.2) is 18.6 Å². The molecule has 8 nitrogen and oxygen atoms in total. The highest BCUT2D eigenvalue weighted by atomic mass is 32.1. The fraction of sp³-hybridized carbons (Fsp3) is 0.353. The van der Waals surface area contributed by atoms with Crippen LogP contribution < -0.4 is 5.32 Å². The van der Waals surface area contributed by atoms with E-state index in [1.165, 1.54) is 29.9 Å². The van der Waals surface area contributed by atoms with Gasteiger partial charge in [-0.3, -0.25) is 9.78 Å². The van der Waals surface area contributed by atoms with Crippen molar-refractivity contribution in [1.29, 1.82) is 0 Å². The zero-order chi connectivity index (χ0) is 19.1. The first-order valence-electron chi connectivity index (χ1n) is 8.00. The highest BCUT2D eigenvalue weighted by Crippen LogP contribution is 2.34. The van der Waals surface area contributed by atoms with Crippen LogP contribution in [0.4, 0.5) is 5.00 Å². The van der Waals surface area contributed by atoms with Gasteiger partial charge >= 0.3 is 11.9 Å². The third-order valence-corrected chi connectivity index (χ3v) is 4.76. The molecule has 2 rings (SSSR count). The molecule has 0 unspecified atom stereocenters. The second-order valence-corrected chi connectivity index (χ2v) is 6.25. The number of aryl methyl sites for hydroxylation is 1. The van der Waals surface area contributed by atoms with Crippen LogP contribution in [0, 0.1) is 6.92 Å². The number of nitrogens with zero attached hydrogens (tertiary/aromatic N) is 2. The molecule has 0 aliphatic rings. The van der Waals surface area contributed by atoms with Crippen LogP contribution in [-0.2, 0) is 20.7 Å². The average molecular weight is 377 g/mol. The minimum atomic E-state index is -0.754. The van der Waals surface area contributed by atoms with Crippen molar-refractivity contribution in [2.45, 2.75) is 27.2 Å². The number of hydrogen-bond donors (Lipinski definition) is 1. The summed E-state index contributed by atoms with van der Waals surface area (Å²) in [6.07, 6.45) is 4.74. The van der Waals surface area contributed by atoms with Crippen LogP contribution in [0.3, 0.4) is 0 Å². The van der Waals surface area contributed by atoms with Gasteiger partial charge in [0.05, 0.1) is 18.4 Å². The van der Waals surface area contributed by atoms with Gasteiger partial charge < -0.3 is 14.8 Å². The van der Waals surface area contributed by atoms with E-state index in [1.54, 1.807) is 6.92 Å². The molecule has 2 aromatic rings. The summed E-state index contributed by atoms with van der Waals surface area (Å²) in [7, 11) is 0. The van der Waals surface area contributed by atoms with E-state index in [9.17, 15) is 14.4 Å². The van der Waals surface area contributed by atoms with E-state index in [0.717, 1.165) is 16.9 Å². The number of rotatable bonds is 7. The normalized spacial score (nSPS) is 10.3. The minimum absolute atomic E-state index is 0.00718. The Morgan fingerprint density at radius 1 is 1.15 bits per heavy atom. The summed E-state index contributed by atoms with van der Waals surface area (Å²) in [5.74, 6) is -1.81. The van der Waals surface area contributed by atoms with Gasteiger partial charge in [0.1, 0.15) is 5.00 Å². The molecule has 26 heavy (non-hydrogen) atoms. The predicted molar refractivity (Wildman–Crippen MR) is 95.3 cm³/mol. The fourth-order valence-corrected chi connectivity index (χ4v) is 3.36. The topological polar surface area (TPSA) is 107 Å². The quantitative estimate of drug-likeness (QED) is 0.738. The molecule has 2 heterocycles. The van der Waals surface area contributed by atoms with Gasteiger partial charge in [-0.1, -0.05) is 6.92 Å². The lowest BCUT2D eigenvalue weighted by atomic mass is 10.1. The zero-order valence-corrected chi connectivity index (χ0v) is 15.5. The van der Waals surface area contributed by atoms with Gasteiger partial charge in [0.15, 0.2) is 12.3 Å². The molecule has 0 atom stereocenters. The van der Waals surface area contributed by atoms with Crippen LogP contribution in [0.25, 0.3) is 0 Å². The van der Waals surface area contributed by atoms with Gasteiger partial charge in [-0.05, 0) is 25.8 Å². The smallest absolute Gasteiger partial charge is 0.359 e. The summed E-state index contributed by atoms with van der Waals surface area (Å²) in [5.41, 5.74) is 1.12.